The second-order valence-corrected chi connectivity index (χ2v) is 3.28. The summed E-state index contributed by atoms with van der Waals surface area (Å²) >= 11 is 0. The van der Waals surface area contributed by atoms with Crippen LogP contribution in [0.2, 0.25) is 0 Å². The Balaban J connectivity index is 2.27. The first-order valence-electron chi connectivity index (χ1n) is 5.04. The molecule has 0 aromatic carbocycles. The van der Waals surface area contributed by atoms with Gasteiger partial charge in [-0.3, -0.25) is 10.1 Å². The summed E-state index contributed by atoms with van der Waals surface area (Å²) in [5.74, 6) is -0.946. The molecule has 0 radical (unpaired) electrons. The molecule has 0 aliphatic heterocycles. The first-order valence-corrected chi connectivity index (χ1v) is 5.04. The molecule has 2 rings (SSSR count). The second kappa shape index (κ2) is 4.73. The molecule has 5 nitrogen and oxygen atoms in total. The van der Waals surface area contributed by atoms with E-state index >= 15 is 0 Å². The Labute approximate surface area is 96.6 Å². The Morgan fingerprint density at radius 2 is 2.29 bits per heavy atom. The number of pyridine rings is 1. The zero-order valence-corrected chi connectivity index (χ0v) is 9.11. The minimum absolute atomic E-state index is 0.228. The molecule has 88 valence electrons. The summed E-state index contributed by atoms with van der Waals surface area (Å²) < 4.78 is 17.7. The van der Waals surface area contributed by atoms with E-state index in [-0.39, 0.29) is 12.3 Å². The van der Waals surface area contributed by atoms with Crippen molar-refractivity contribution in [2.24, 2.45) is 0 Å². The van der Waals surface area contributed by atoms with Crippen LogP contribution in [0.15, 0.2) is 24.5 Å². The van der Waals surface area contributed by atoms with Crippen LogP contribution in [0.25, 0.3) is 11.3 Å². The van der Waals surface area contributed by atoms with Gasteiger partial charge in [-0.15, -0.1) is 0 Å². The minimum Gasteiger partial charge on any atom is -0.461 e. The van der Waals surface area contributed by atoms with Crippen LogP contribution in [0.1, 0.15) is 17.4 Å². The van der Waals surface area contributed by atoms with Crippen LogP contribution in [-0.4, -0.2) is 27.8 Å². The van der Waals surface area contributed by atoms with E-state index in [9.17, 15) is 9.18 Å². The van der Waals surface area contributed by atoms with E-state index in [0.717, 1.165) is 6.20 Å². The number of carbonyl (C=O) groups is 1. The quantitative estimate of drug-likeness (QED) is 0.823. The lowest BCUT2D eigenvalue weighted by Crippen LogP contribution is -2.04. The van der Waals surface area contributed by atoms with Gasteiger partial charge in [0.2, 0.25) is 0 Å². The van der Waals surface area contributed by atoms with Crippen LogP contribution >= 0.6 is 0 Å². The van der Waals surface area contributed by atoms with Gasteiger partial charge in [0.05, 0.1) is 18.5 Å². The van der Waals surface area contributed by atoms with E-state index in [4.69, 9.17) is 4.74 Å². The number of rotatable bonds is 3. The average Bonchev–Trinajstić information content (AvgIpc) is 2.78. The number of nitrogens with one attached hydrogen (secondary N) is 1. The lowest BCUT2D eigenvalue weighted by molar-refractivity contribution is 0.0519. The van der Waals surface area contributed by atoms with E-state index in [2.05, 4.69) is 15.2 Å². The molecule has 0 aliphatic rings. The standard InChI is InChI=1S/C11H10FN3O2/c1-2-17-11(16)10-4-9(14-15-10)7-3-8(12)6-13-5-7/h3-6H,2H2,1H3,(H,14,15). The van der Waals surface area contributed by atoms with E-state index in [1.807, 2.05) is 0 Å². The summed E-state index contributed by atoms with van der Waals surface area (Å²) in [5.41, 5.74) is 1.17. The molecule has 0 fully saturated rings. The van der Waals surface area contributed by atoms with Crippen molar-refractivity contribution in [1.29, 1.82) is 0 Å². The van der Waals surface area contributed by atoms with E-state index < -0.39 is 11.8 Å². The molecule has 2 aromatic heterocycles. The Morgan fingerprint density at radius 3 is 3.00 bits per heavy atom. The van der Waals surface area contributed by atoms with Gasteiger partial charge in [-0.1, -0.05) is 0 Å². The fourth-order valence-electron chi connectivity index (χ4n) is 1.33. The zero-order valence-electron chi connectivity index (χ0n) is 9.11. The number of aromatic nitrogens is 3. The SMILES string of the molecule is CCOC(=O)c1cc(-c2cncc(F)c2)n[nH]1. The highest BCUT2D eigenvalue weighted by molar-refractivity contribution is 5.88. The molecule has 6 heteroatoms. The van der Waals surface area contributed by atoms with E-state index in [1.54, 1.807) is 6.92 Å². The molecule has 0 amide bonds. The van der Waals surface area contributed by atoms with Crippen LogP contribution in [0, 0.1) is 5.82 Å². The van der Waals surface area contributed by atoms with E-state index in [0.29, 0.717) is 11.3 Å². The van der Waals surface area contributed by atoms with Gasteiger partial charge in [0.1, 0.15) is 11.5 Å². The van der Waals surface area contributed by atoms with Crippen molar-refractivity contribution in [2.75, 3.05) is 6.61 Å². The largest absolute Gasteiger partial charge is 0.461 e. The first-order chi connectivity index (χ1) is 8.20. The molecule has 17 heavy (non-hydrogen) atoms. The number of carbonyl (C=O) groups excluding carboxylic acids is 1. The summed E-state index contributed by atoms with van der Waals surface area (Å²) in [6.45, 7) is 2.00. The number of aromatic amines is 1. The number of esters is 1. The molecular weight excluding hydrogens is 225 g/mol. The van der Waals surface area contributed by atoms with Gasteiger partial charge in [-0.05, 0) is 19.1 Å². The molecule has 0 saturated heterocycles. The molecule has 0 unspecified atom stereocenters. The average molecular weight is 235 g/mol. The maximum Gasteiger partial charge on any atom is 0.356 e. The van der Waals surface area contributed by atoms with Crippen LogP contribution in [-0.2, 0) is 4.74 Å². The number of nitrogens with zero attached hydrogens (tertiary/aromatic N) is 2. The summed E-state index contributed by atoms with van der Waals surface area (Å²) in [4.78, 5) is 15.1. The monoisotopic (exact) mass is 235 g/mol. The highest BCUT2D eigenvalue weighted by Crippen LogP contribution is 2.17. The second-order valence-electron chi connectivity index (χ2n) is 3.28. The Kier molecular flexibility index (Phi) is 3.13. The molecule has 0 saturated carbocycles. The predicted molar refractivity (Wildman–Crippen MR) is 57.7 cm³/mol. The van der Waals surface area contributed by atoms with E-state index in [1.165, 1.54) is 18.3 Å². The maximum atomic E-state index is 12.9. The van der Waals surface area contributed by atoms with Crippen LogP contribution < -0.4 is 0 Å². The molecule has 2 heterocycles. The number of H-pyrrole nitrogens is 1. The fraction of sp³-hybridized carbons (Fsp3) is 0.182. The van der Waals surface area contributed by atoms with Crippen molar-refractivity contribution in [2.45, 2.75) is 6.92 Å². The fourth-order valence-corrected chi connectivity index (χ4v) is 1.33. The molecular formula is C11H10FN3O2. The van der Waals surface area contributed by atoms with Gasteiger partial charge in [0.25, 0.3) is 0 Å². The Morgan fingerprint density at radius 1 is 1.47 bits per heavy atom. The first kappa shape index (κ1) is 11.3. The number of hydrogen-bond donors (Lipinski definition) is 1. The molecule has 2 aromatic rings. The molecule has 0 aliphatic carbocycles. The summed E-state index contributed by atoms with van der Waals surface area (Å²) in [7, 11) is 0. The van der Waals surface area contributed by atoms with Crippen molar-refractivity contribution in [3.8, 4) is 11.3 Å². The molecule has 0 spiro atoms. The summed E-state index contributed by atoms with van der Waals surface area (Å²) in [6, 6.07) is 2.78. The van der Waals surface area contributed by atoms with Gasteiger partial charge in [0.15, 0.2) is 0 Å². The van der Waals surface area contributed by atoms with Crippen LogP contribution in [0.5, 0.6) is 0 Å². The highest BCUT2D eigenvalue weighted by atomic mass is 19.1. The third-order valence-electron chi connectivity index (χ3n) is 2.07. The predicted octanol–water partition coefficient (Wildman–Crippen LogP) is 1.79. The van der Waals surface area contributed by atoms with Gasteiger partial charge >= 0.3 is 5.97 Å². The third kappa shape index (κ3) is 2.47. The number of halogens is 1. The van der Waals surface area contributed by atoms with Gasteiger partial charge in [-0.25, -0.2) is 9.18 Å². The molecule has 0 bridgehead atoms. The zero-order chi connectivity index (χ0) is 12.3. The lowest BCUT2D eigenvalue weighted by Gasteiger charge is -1.96. The van der Waals surface area contributed by atoms with Gasteiger partial charge in [0, 0.05) is 11.8 Å². The Bertz CT molecular complexity index is 539. The van der Waals surface area contributed by atoms with Gasteiger partial charge < -0.3 is 4.74 Å². The maximum absolute atomic E-state index is 12.9. The molecule has 0 atom stereocenters. The number of hydrogen-bond acceptors (Lipinski definition) is 4. The van der Waals surface area contributed by atoms with Crippen molar-refractivity contribution >= 4 is 5.97 Å². The third-order valence-corrected chi connectivity index (χ3v) is 2.07. The molecule has 1 N–H and O–H groups in total. The van der Waals surface area contributed by atoms with Crippen molar-refractivity contribution in [1.82, 2.24) is 15.2 Å². The summed E-state index contributed by atoms with van der Waals surface area (Å²) in [6.07, 6.45) is 2.57. The normalized spacial score (nSPS) is 10.2. The van der Waals surface area contributed by atoms with Crippen molar-refractivity contribution < 1.29 is 13.9 Å². The minimum atomic E-state index is -0.490. The Hall–Kier alpha value is -2.24. The smallest absolute Gasteiger partial charge is 0.356 e. The number of ether oxygens (including phenoxy) is 1. The topological polar surface area (TPSA) is 67.9 Å². The van der Waals surface area contributed by atoms with Crippen LogP contribution in [0.3, 0.4) is 0 Å². The van der Waals surface area contributed by atoms with Gasteiger partial charge in [-0.2, -0.15) is 5.10 Å². The van der Waals surface area contributed by atoms with Crippen molar-refractivity contribution in [3.05, 3.63) is 36.0 Å². The highest BCUT2D eigenvalue weighted by Gasteiger charge is 2.12. The van der Waals surface area contributed by atoms with Crippen molar-refractivity contribution in [3.63, 3.8) is 0 Å². The summed E-state index contributed by atoms with van der Waals surface area (Å²) in [5, 5.41) is 6.43. The van der Waals surface area contributed by atoms with Crippen LogP contribution in [0.4, 0.5) is 4.39 Å². The lowest BCUT2D eigenvalue weighted by atomic mass is 10.2.